The quantitative estimate of drug-likeness (QED) is 0.792. The van der Waals surface area contributed by atoms with E-state index >= 15 is 0 Å². The summed E-state index contributed by atoms with van der Waals surface area (Å²) in [6, 6.07) is 7.65. The Bertz CT molecular complexity index is 644. The van der Waals surface area contributed by atoms with E-state index < -0.39 is 17.3 Å². The molecule has 2 unspecified atom stereocenters. The van der Waals surface area contributed by atoms with Crippen molar-refractivity contribution in [2.75, 3.05) is 20.2 Å². The van der Waals surface area contributed by atoms with Gasteiger partial charge in [-0.2, -0.15) is 13.2 Å². The molecule has 0 aliphatic carbocycles. The first-order chi connectivity index (χ1) is 11.3. The number of nitrogens with one attached hydrogen (secondary N) is 1. The Morgan fingerprint density at radius 2 is 1.92 bits per heavy atom. The normalized spacial score (nSPS) is 14.4. The van der Waals surface area contributed by atoms with Crippen molar-refractivity contribution in [2.24, 2.45) is 0 Å². The standard InChI is InChI=1S/C16H19F3N2O2S/c1-10(11-3-5-12(23-2)6-4-11)7-20-8-14(22)13-9-24-15(21-13)16(17,18)19/h3-6,9-10,14,20,22H,7-8H2,1-2H3. The van der Waals surface area contributed by atoms with Crippen LogP contribution in [0.5, 0.6) is 5.75 Å². The fourth-order valence-corrected chi connectivity index (χ4v) is 2.89. The summed E-state index contributed by atoms with van der Waals surface area (Å²) >= 11 is 0.489. The van der Waals surface area contributed by atoms with Gasteiger partial charge in [0, 0.05) is 18.5 Å². The summed E-state index contributed by atoms with van der Waals surface area (Å²) in [5, 5.41) is 13.3. The number of aliphatic hydroxyl groups excluding tert-OH is 1. The summed E-state index contributed by atoms with van der Waals surface area (Å²) in [6.45, 7) is 2.74. The van der Waals surface area contributed by atoms with Gasteiger partial charge in [0.2, 0.25) is 0 Å². The molecule has 1 aromatic heterocycles. The smallest absolute Gasteiger partial charge is 0.443 e. The van der Waals surface area contributed by atoms with Gasteiger partial charge in [-0.15, -0.1) is 11.3 Å². The van der Waals surface area contributed by atoms with Crippen molar-refractivity contribution in [2.45, 2.75) is 25.1 Å². The van der Waals surface area contributed by atoms with Crippen molar-refractivity contribution in [3.63, 3.8) is 0 Å². The van der Waals surface area contributed by atoms with Crippen LogP contribution in [0.2, 0.25) is 0 Å². The van der Waals surface area contributed by atoms with Crippen molar-refractivity contribution in [1.82, 2.24) is 10.3 Å². The molecular weight excluding hydrogens is 341 g/mol. The molecule has 4 nitrogen and oxygen atoms in total. The van der Waals surface area contributed by atoms with Crippen LogP contribution in [0.4, 0.5) is 13.2 Å². The lowest BCUT2D eigenvalue weighted by atomic mass is 10.0. The minimum absolute atomic E-state index is 0.0388. The van der Waals surface area contributed by atoms with Crippen LogP contribution in [0.3, 0.4) is 0 Å². The number of alkyl halides is 3. The minimum atomic E-state index is -4.47. The Labute approximate surface area is 142 Å². The van der Waals surface area contributed by atoms with Crippen LogP contribution in [-0.2, 0) is 6.18 Å². The number of halogens is 3. The Hall–Kier alpha value is -1.64. The summed E-state index contributed by atoms with van der Waals surface area (Å²) in [7, 11) is 1.60. The zero-order valence-electron chi connectivity index (χ0n) is 13.3. The number of hydrogen-bond donors (Lipinski definition) is 2. The second-order valence-corrected chi connectivity index (χ2v) is 6.28. The van der Waals surface area contributed by atoms with E-state index in [1.807, 2.05) is 31.2 Å². The van der Waals surface area contributed by atoms with Gasteiger partial charge in [0.05, 0.1) is 12.8 Å². The number of benzene rings is 1. The summed E-state index contributed by atoms with van der Waals surface area (Å²) < 4.78 is 42.6. The first-order valence-corrected chi connectivity index (χ1v) is 8.24. The fraction of sp³-hybridized carbons (Fsp3) is 0.438. The van der Waals surface area contributed by atoms with Gasteiger partial charge in [-0.25, -0.2) is 4.98 Å². The van der Waals surface area contributed by atoms with E-state index in [0.29, 0.717) is 17.9 Å². The van der Waals surface area contributed by atoms with Crippen LogP contribution in [0.15, 0.2) is 29.6 Å². The van der Waals surface area contributed by atoms with Gasteiger partial charge in [0.1, 0.15) is 11.9 Å². The molecule has 2 atom stereocenters. The third kappa shape index (κ3) is 4.93. The Kier molecular flexibility index (Phi) is 6.20. The highest BCUT2D eigenvalue weighted by molar-refractivity contribution is 7.09. The van der Waals surface area contributed by atoms with Gasteiger partial charge in [0.25, 0.3) is 0 Å². The first-order valence-electron chi connectivity index (χ1n) is 7.36. The Morgan fingerprint density at radius 1 is 1.25 bits per heavy atom. The van der Waals surface area contributed by atoms with Crippen LogP contribution in [0, 0.1) is 0 Å². The highest BCUT2D eigenvalue weighted by Gasteiger charge is 2.35. The number of hydrogen-bond acceptors (Lipinski definition) is 5. The molecule has 24 heavy (non-hydrogen) atoms. The van der Waals surface area contributed by atoms with E-state index in [9.17, 15) is 18.3 Å². The molecule has 0 saturated heterocycles. The monoisotopic (exact) mass is 360 g/mol. The minimum Gasteiger partial charge on any atom is -0.497 e. The number of methoxy groups -OCH3 is 1. The Morgan fingerprint density at radius 3 is 2.46 bits per heavy atom. The molecule has 1 aromatic carbocycles. The fourth-order valence-electron chi connectivity index (χ4n) is 2.16. The van der Waals surface area contributed by atoms with E-state index in [2.05, 4.69) is 10.3 Å². The molecule has 2 aromatic rings. The third-order valence-corrected chi connectivity index (χ3v) is 4.48. The molecule has 132 valence electrons. The van der Waals surface area contributed by atoms with E-state index in [1.165, 1.54) is 5.38 Å². The number of nitrogens with zero attached hydrogens (tertiary/aromatic N) is 1. The van der Waals surface area contributed by atoms with Crippen molar-refractivity contribution < 1.29 is 23.0 Å². The zero-order valence-corrected chi connectivity index (χ0v) is 14.1. The molecule has 8 heteroatoms. The molecule has 0 fully saturated rings. The van der Waals surface area contributed by atoms with Crippen molar-refractivity contribution in [3.05, 3.63) is 45.9 Å². The summed E-state index contributed by atoms with van der Waals surface area (Å²) in [6.07, 6.45) is -5.54. The molecule has 0 radical (unpaired) electrons. The van der Waals surface area contributed by atoms with Crippen LogP contribution in [0.1, 0.15) is 35.2 Å². The molecule has 0 aliphatic heterocycles. The number of thiazole rings is 1. The third-order valence-electron chi connectivity index (χ3n) is 3.58. The average molecular weight is 360 g/mol. The van der Waals surface area contributed by atoms with Crippen molar-refractivity contribution in [3.8, 4) is 5.75 Å². The van der Waals surface area contributed by atoms with Gasteiger partial charge in [-0.1, -0.05) is 19.1 Å². The lowest BCUT2D eigenvalue weighted by Gasteiger charge is -2.15. The Balaban J connectivity index is 1.83. The topological polar surface area (TPSA) is 54.4 Å². The maximum atomic E-state index is 12.5. The highest BCUT2D eigenvalue weighted by atomic mass is 32.1. The molecule has 0 amide bonds. The van der Waals surface area contributed by atoms with Crippen LogP contribution >= 0.6 is 11.3 Å². The van der Waals surface area contributed by atoms with E-state index in [-0.39, 0.29) is 18.2 Å². The lowest BCUT2D eigenvalue weighted by Crippen LogP contribution is -2.25. The molecule has 2 N–H and O–H groups in total. The lowest BCUT2D eigenvalue weighted by molar-refractivity contribution is -0.137. The van der Waals surface area contributed by atoms with E-state index in [1.54, 1.807) is 7.11 Å². The van der Waals surface area contributed by atoms with E-state index in [4.69, 9.17) is 4.74 Å². The van der Waals surface area contributed by atoms with Crippen LogP contribution < -0.4 is 10.1 Å². The molecule has 0 aliphatic rings. The number of rotatable bonds is 7. The number of aliphatic hydroxyl groups is 1. The predicted molar refractivity (Wildman–Crippen MR) is 86.4 cm³/mol. The predicted octanol–water partition coefficient (Wildman–Crippen LogP) is 3.60. The second kappa shape index (κ2) is 7.96. The maximum absolute atomic E-state index is 12.5. The molecular formula is C16H19F3N2O2S. The van der Waals surface area contributed by atoms with Gasteiger partial charge >= 0.3 is 6.18 Å². The largest absolute Gasteiger partial charge is 0.497 e. The first kappa shape index (κ1) is 18.7. The van der Waals surface area contributed by atoms with E-state index in [0.717, 1.165) is 11.3 Å². The maximum Gasteiger partial charge on any atom is 0.443 e. The average Bonchev–Trinajstić information content (AvgIpc) is 3.05. The molecule has 1 heterocycles. The van der Waals surface area contributed by atoms with Gasteiger partial charge < -0.3 is 15.2 Å². The summed E-state index contributed by atoms with van der Waals surface area (Å²) in [4.78, 5) is 3.45. The number of aromatic nitrogens is 1. The molecule has 0 spiro atoms. The van der Waals surface area contributed by atoms with Crippen molar-refractivity contribution in [1.29, 1.82) is 0 Å². The van der Waals surface area contributed by atoms with Crippen molar-refractivity contribution >= 4 is 11.3 Å². The van der Waals surface area contributed by atoms with Gasteiger partial charge in [-0.05, 0) is 23.6 Å². The molecule has 0 saturated carbocycles. The van der Waals surface area contributed by atoms with Crippen LogP contribution in [0.25, 0.3) is 0 Å². The summed E-state index contributed by atoms with van der Waals surface area (Å²) in [5.74, 6) is 0.961. The summed E-state index contributed by atoms with van der Waals surface area (Å²) in [5.41, 5.74) is 1.14. The molecule has 2 rings (SSSR count). The zero-order chi connectivity index (χ0) is 17.7. The molecule has 0 bridgehead atoms. The van der Waals surface area contributed by atoms with Crippen LogP contribution in [-0.4, -0.2) is 30.3 Å². The van der Waals surface area contributed by atoms with Gasteiger partial charge in [0.15, 0.2) is 5.01 Å². The number of ether oxygens (including phenoxy) is 1. The van der Waals surface area contributed by atoms with Gasteiger partial charge in [-0.3, -0.25) is 0 Å². The SMILES string of the molecule is COc1ccc(C(C)CNCC(O)c2csc(C(F)(F)F)n2)cc1. The highest BCUT2D eigenvalue weighted by Crippen LogP contribution is 2.32. The second-order valence-electron chi connectivity index (χ2n) is 5.42.